The topological polar surface area (TPSA) is 43.1 Å². The monoisotopic (exact) mass is 331 g/mol. The predicted octanol–water partition coefficient (Wildman–Crippen LogP) is 4.34. The summed E-state index contributed by atoms with van der Waals surface area (Å²) in [6.45, 7) is 2.07. The molecule has 1 atom stereocenters. The molecule has 0 aliphatic heterocycles. The van der Waals surface area contributed by atoms with E-state index in [0.29, 0.717) is 12.8 Å². The smallest absolute Gasteiger partial charge is 0.137 e. The molecule has 0 amide bonds. The van der Waals surface area contributed by atoms with Gasteiger partial charge in [0.25, 0.3) is 0 Å². The van der Waals surface area contributed by atoms with Crippen molar-refractivity contribution in [2.75, 3.05) is 5.73 Å². The van der Waals surface area contributed by atoms with Crippen LogP contribution in [0.1, 0.15) is 30.4 Å². The maximum atomic E-state index is 12.2. The molecule has 0 aromatic heterocycles. The van der Waals surface area contributed by atoms with Gasteiger partial charge in [-0.3, -0.25) is 4.79 Å². The lowest BCUT2D eigenvalue weighted by molar-refractivity contribution is -0.118. The summed E-state index contributed by atoms with van der Waals surface area (Å²) in [6.07, 6.45) is 1.02. The van der Waals surface area contributed by atoms with Crippen molar-refractivity contribution >= 4 is 27.4 Å². The molecule has 0 radical (unpaired) electrons. The van der Waals surface area contributed by atoms with Crippen LogP contribution in [0.2, 0.25) is 0 Å². The average Bonchev–Trinajstić information content (AvgIpc) is 2.42. The molecule has 0 heterocycles. The normalized spacial score (nSPS) is 12.1. The van der Waals surface area contributed by atoms with Gasteiger partial charge in [0, 0.05) is 23.0 Å². The van der Waals surface area contributed by atoms with E-state index in [-0.39, 0.29) is 11.7 Å². The van der Waals surface area contributed by atoms with Gasteiger partial charge in [-0.25, -0.2) is 0 Å². The summed E-state index contributed by atoms with van der Waals surface area (Å²) in [6, 6.07) is 15.6. The van der Waals surface area contributed by atoms with Crippen LogP contribution in [-0.2, 0) is 11.2 Å². The number of anilines is 1. The van der Waals surface area contributed by atoms with Gasteiger partial charge in [0.15, 0.2) is 0 Å². The summed E-state index contributed by atoms with van der Waals surface area (Å²) in [7, 11) is 0. The molecule has 2 aromatic carbocycles. The first-order valence-electron chi connectivity index (χ1n) is 6.67. The summed E-state index contributed by atoms with van der Waals surface area (Å²) in [5, 5.41) is 0. The van der Waals surface area contributed by atoms with Gasteiger partial charge in [0.1, 0.15) is 5.78 Å². The third kappa shape index (κ3) is 3.94. The maximum Gasteiger partial charge on any atom is 0.137 e. The number of Topliss-reactive ketones (excluding diaryl/α,β-unsaturated/α-hetero) is 1. The quantitative estimate of drug-likeness (QED) is 0.828. The zero-order valence-corrected chi connectivity index (χ0v) is 13.1. The van der Waals surface area contributed by atoms with Crippen molar-refractivity contribution in [2.24, 2.45) is 0 Å². The van der Waals surface area contributed by atoms with Crippen LogP contribution in [0.3, 0.4) is 0 Å². The lowest BCUT2D eigenvalue weighted by atomic mass is 9.93. The number of hydrogen-bond acceptors (Lipinski definition) is 2. The number of carbonyl (C=O) groups excluding carboxylic acids is 1. The third-order valence-electron chi connectivity index (χ3n) is 3.38. The predicted molar refractivity (Wildman–Crippen MR) is 86.7 cm³/mol. The lowest BCUT2D eigenvalue weighted by Crippen LogP contribution is -2.08. The molecule has 0 saturated heterocycles. The fourth-order valence-corrected chi connectivity index (χ4v) is 2.64. The van der Waals surface area contributed by atoms with E-state index in [1.54, 1.807) is 0 Å². The SMILES string of the molecule is CC(CC(=O)Cc1ccccc1Br)c1ccc(N)cc1. The van der Waals surface area contributed by atoms with Crippen molar-refractivity contribution in [3.63, 3.8) is 0 Å². The molecule has 0 aliphatic rings. The Morgan fingerprint density at radius 2 is 1.80 bits per heavy atom. The molecule has 0 spiro atoms. The van der Waals surface area contributed by atoms with Gasteiger partial charge in [-0.1, -0.05) is 53.2 Å². The van der Waals surface area contributed by atoms with Crippen LogP contribution in [0, 0.1) is 0 Å². The molecular formula is C17H18BrNO. The highest BCUT2D eigenvalue weighted by Crippen LogP contribution is 2.23. The van der Waals surface area contributed by atoms with Gasteiger partial charge in [-0.05, 0) is 35.2 Å². The van der Waals surface area contributed by atoms with E-state index in [1.165, 1.54) is 0 Å². The van der Waals surface area contributed by atoms with Crippen LogP contribution in [0.25, 0.3) is 0 Å². The molecule has 104 valence electrons. The van der Waals surface area contributed by atoms with Crippen molar-refractivity contribution in [3.8, 4) is 0 Å². The van der Waals surface area contributed by atoms with E-state index in [1.807, 2.05) is 48.5 Å². The number of nitrogens with two attached hydrogens (primary N) is 1. The summed E-state index contributed by atoms with van der Waals surface area (Å²) < 4.78 is 0.994. The Balaban J connectivity index is 1.98. The minimum absolute atomic E-state index is 0.214. The average molecular weight is 332 g/mol. The van der Waals surface area contributed by atoms with Gasteiger partial charge in [0.2, 0.25) is 0 Å². The number of nitrogen functional groups attached to an aromatic ring is 1. The molecule has 2 nitrogen and oxygen atoms in total. The van der Waals surface area contributed by atoms with Crippen molar-refractivity contribution in [2.45, 2.75) is 25.7 Å². The fourth-order valence-electron chi connectivity index (χ4n) is 2.21. The Bertz CT molecular complexity index is 592. The van der Waals surface area contributed by atoms with Gasteiger partial charge in [-0.15, -0.1) is 0 Å². The molecule has 0 aliphatic carbocycles. The first kappa shape index (κ1) is 14.8. The summed E-state index contributed by atoms with van der Waals surface area (Å²) >= 11 is 3.48. The molecule has 2 N–H and O–H groups in total. The van der Waals surface area contributed by atoms with Gasteiger partial charge in [0.05, 0.1) is 0 Å². The number of hydrogen-bond donors (Lipinski definition) is 1. The van der Waals surface area contributed by atoms with E-state index >= 15 is 0 Å². The Morgan fingerprint density at radius 1 is 1.15 bits per heavy atom. The molecule has 20 heavy (non-hydrogen) atoms. The second-order valence-electron chi connectivity index (χ2n) is 5.08. The Hall–Kier alpha value is -1.61. The summed E-state index contributed by atoms with van der Waals surface area (Å²) in [5.41, 5.74) is 8.62. The number of halogens is 1. The highest BCUT2D eigenvalue weighted by Gasteiger charge is 2.12. The minimum atomic E-state index is 0.214. The van der Waals surface area contributed by atoms with Crippen molar-refractivity contribution < 1.29 is 4.79 Å². The zero-order valence-electron chi connectivity index (χ0n) is 11.5. The standard InChI is InChI=1S/C17H18BrNO/c1-12(13-6-8-15(19)9-7-13)10-16(20)11-14-4-2-3-5-17(14)18/h2-9,12H,10-11,19H2,1H3. The second-order valence-corrected chi connectivity index (χ2v) is 5.93. The number of benzene rings is 2. The molecule has 0 fully saturated rings. The summed E-state index contributed by atoms with van der Waals surface area (Å²) in [5.74, 6) is 0.465. The Labute approximate surface area is 128 Å². The van der Waals surface area contributed by atoms with E-state index in [9.17, 15) is 4.79 Å². The van der Waals surface area contributed by atoms with Crippen LogP contribution >= 0.6 is 15.9 Å². The highest BCUT2D eigenvalue weighted by molar-refractivity contribution is 9.10. The Kier molecular flexibility index (Phi) is 4.96. The Morgan fingerprint density at radius 3 is 2.45 bits per heavy atom. The largest absolute Gasteiger partial charge is 0.399 e. The van der Waals surface area contributed by atoms with Crippen LogP contribution in [-0.4, -0.2) is 5.78 Å². The number of carbonyl (C=O) groups is 1. The molecule has 3 heteroatoms. The van der Waals surface area contributed by atoms with E-state index < -0.39 is 0 Å². The zero-order chi connectivity index (χ0) is 14.5. The third-order valence-corrected chi connectivity index (χ3v) is 4.16. The van der Waals surface area contributed by atoms with Crippen LogP contribution in [0.15, 0.2) is 53.0 Å². The molecule has 0 saturated carbocycles. The molecule has 1 unspecified atom stereocenters. The highest BCUT2D eigenvalue weighted by atomic mass is 79.9. The summed E-state index contributed by atoms with van der Waals surface area (Å²) in [4.78, 5) is 12.2. The van der Waals surface area contributed by atoms with E-state index in [4.69, 9.17) is 5.73 Å². The van der Waals surface area contributed by atoms with Crippen LogP contribution in [0.5, 0.6) is 0 Å². The first-order chi connectivity index (χ1) is 9.56. The van der Waals surface area contributed by atoms with Crippen molar-refractivity contribution in [1.82, 2.24) is 0 Å². The van der Waals surface area contributed by atoms with E-state index in [2.05, 4.69) is 22.9 Å². The van der Waals surface area contributed by atoms with Gasteiger partial charge >= 0.3 is 0 Å². The van der Waals surface area contributed by atoms with Crippen molar-refractivity contribution in [3.05, 3.63) is 64.1 Å². The van der Waals surface area contributed by atoms with Crippen LogP contribution < -0.4 is 5.73 Å². The molecule has 2 rings (SSSR count). The maximum absolute atomic E-state index is 12.2. The number of rotatable bonds is 5. The lowest BCUT2D eigenvalue weighted by Gasteiger charge is -2.12. The molecule has 2 aromatic rings. The fraction of sp³-hybridized carbons (Fsp3) is 0.235. The number of ketones is 1. The minimum Gasteiger partial charge on any atom is -0.399 e. The van der Waals surface area contributed by atoms with E-state index in [0.717, 1.165) is 21.3 Å². The van der Waals surface area contributed by atoms with Crippen molar-refractivity contribution in [1.29, 1.82) is 0 Å². The van der Waals surface area contributed by atoms with Gasteiger partial charge < -0.3 is 5.73 Å². The van der Waals surface area contributed by atoms with Crippen LogP contribution in [0.4, 0.5) is 5.69 Å². The van der Waals surface area contributed by atoms with Gasteiger partial charge in [-0.2, -0.15) is 0 Å². The molecule has 0 bridgehead atoms. The second kappa shape index (κ2) is 6.71. The first-order valence-corrected chi connectivity index (χ1v) is 7.46. The molecular weight excluding hydrogens is 314 g/mol.